The van der Waals surface area contributed by atoms with Crippen molar-refractivity contribution in [3.05, 3.63) is 35.3 Å². The van der Waals surface area contributed by atoms with E-state index in [1.807, 2.05) is 41.6 Å². The summed E-state index contributed by atoms with van der Waals surface area (Å²) in [5.41, 5.74) is 1.57. The molecule has 0 saturated carbocycles. The lowest BCUT2D eigenvalue weighted by molar-refractivity contribution is 0.0682. The van der Waals surface area contributed by atoms with Gasteiger partial charge in [-0.25, -0.2) is 4.98 Å². The van der Waals surface area contributed by atoms with Crippen LogP contribution in [-0.4, -0.2) is 49.6 Å². The van der Waals surface area contributed by atoms with Gasteiger partial charge >= 0.3 is 0 Å². The standard InChI is InChI=1S/C19H25N3O2S.2ClH/c1-20-10-7-14-8-11-22(12-9-14)19(23)17-13-25-18(21-17)15-3-5-16(24-2)6-4-15;;/h3-6,13-14,20H,7-12H2,1-2H3;2*1H. The van der Waals surface area contributed by atoms with Crippen LogP contribution in [0.25, 0.3) is 10.6 Å². The fourth-order valence-electron chi connectivity index (χ4n) is 3.17. The molecule has 0 unspecified atom stereocenters. The predicted octanol–water partition coefficient (Wildman–Crippen LogP) is 4.12. The second kappa shape index (κ2) is 11.5. The third-order valence-electron chi connectivity index (χ3n) is 4.76. The number of likely N-dealkylation sites (tertiary alicyclic amines) is 1. The molecule has 1 aromatic carbocycles. The number of methoxy groups -OCH3 is 1. The monoisotopic (exact) mass is 431 g/mol. The SMILES string of the molecule is CNCCC1CCN(C(=O)c2csc(-c3ccc(OC)cc3)n2)CC1.Cl.Cl. The summed E-state index contributed by atoms with van der Waals surface area (Å²) < 4.78 is 5.18. The molecule has 0 atom stereocenters. The first-order valence-corrected chi connectivity index (χ1v) is 9.63. The number of piperidine rings is 1. The Labute approximate surface area is 177 Å². The number of rotatable bonds is 6. The molecule has 0 spiro atoms. The number of amides is 1. The highest BCUT2D eigenvalue weighted by Crippen LogP contribution is 2.27. The van der Waals surface area contributed by atoms with Crippen molar-refractivity contribution in [2.45, 2.75) is 19.3 Å². The molecule has 1 aliphatic rings. The van der Waals surface area contributed by atoms with Crippen LogP contribution in [0, 0.1) is 5.92 Å². The zero-order valence-corrected chi connectivity index (χ0v) is 18.1. The highest BCUT2D eigenvalue weighted by atomic mass is 35.5. The molecule has 1 aromatic heterocycles. The Morgan fingerprint density at radius 2 is 1.93 bits per heavy atom. The van der Waals surface area contributed by atoms with Crippen molar-refractivity contribution in [2.24, 2.45) is 5.92 Å². The molecule has 2 aromatic rings. The number of benzene rings is 1. The number of carbonyl (C=O) groups is 1. The molecular weight excluding hydrogens is 405 g/mol. The van der Waals surface area contributed by atoms with Gasteiger partial charge in [0, 0.05) is 24.0 Å². The lowest BCUT2D eigenvalue weighted by Gasteiger charge is -2.31. The average Bonchev–Trinajstić information content (AvgIpc) is 3.16. The van der Waals surface area contributed by atoms with E-state index in [2.05, 4.69) is 10.3 Å². The first-order chi connectivity index (χ1) is 12.2. The zero-order chi connectivity index (χ0) is 17.6. The number of carbonyl (C=O) groups excluding carboxylic acids is 1. The summed E-state index contributed by atoms with van der Waals surface area (Å²) in [4.78, 5) is 19.2. The van der Waals surface area contributed by atoms with Gasteiger partial charge in [-0.15, -0.1) is 36.2 Å². The summed E-state index contributed by atoms with van der Waals surface area (Å²) >= 11 is 1.51. The van der Waals surface area contributed by atoms with Gasteiger partial charge in [-0.05, 0) is 63.0 Å². The highest BCUT2D eigenvalue weighted by molar-refractivity contribution is 7.13. The number of hydrogen-bond donors (Lipinski definition) is 1. The van der Waals surface area contributed by atoms with Crippen LogP contribution in [0.1, 0.15) is 29.8 Å². The van der Waals surface area contributed by atoms with Crippen molar-refractivity contribution in [2.75, 3.05) is 33.8 Å². The largest absolute Gasteiger partial charge is 0.497 e. The van der Waals surface area contributed by atoms with Crippen molar-refractivity contribution in [1.29, 1.82) is 0 Å². The molecule has 0 radical (unpaired) electrons. The topological polar surface area (TPSA) is 54.5 Å². The minimum absolute atomic E-state index is 0. The van der Waals surface area contributed by atoms with E-state index in [-0.39, 0.29) is 30.7 Å². The van der Waals surface area contributed by atoms with Gasteiger partial charge < -0.3 is 15.0 Å². The number of aromatic nitrogens is 1. The van der Waals surface area contributed by atoms with Crippen LogP contribution >= 0.6 is 36.2 Å². The summed E-state index contributed by atoms with van der Waals surface area (Å²) in [6.07, 6.45) is 3.36. The smallest absolute Gasteiger partial charge is 0.273 e. The molecule has 5 nitrogen and oxygen atoms in total. The van der Waals surface area contributed by atoms with Crippen molar-refractivity contribution in [3.63, 3.8) is 0 Å². The van der Waals surface area contributed by atoms with Gasteiger partial charge in [-0.2, -0.15) is 0 Å². The Morgan fingerprint density at radius 3 is 2.52 bits per heavy atom. The van der Waals surface area contributed by atoms with E-state index in [4.69, 9.17) is 4.74 Å². The number of ether oxygens (including phenoxy) is 1. The van der Waals surface area contributed by atoms with Gasteiger partial charge in [0.2, 0.25) is 0 Å². The quantitative estimate of drug-likeness (QED) is 0.746. The second-order valence-electron chi connectivity index (χ2n) is 6.39. The Kier molecular flexibility index (Phi) is 10.1. The van der Waals surface area contributed by atoms with E-state index in [9.17, 15) is 4.79 Å². The molecule has 0 bridgehead atoms. The van der Waals surface area contributed by atoms with E-state index < -0.39 is 0 Å². The van der Waals surface area contributed by atoms with E-state index in [0.29, 0.717) is 5.69 Å². The third-order valence-corrected chi connectivity index (χ3v) is 5.66. The maximum Gasteiger partial charge on any atom is 0.273 e. The number of nitrogens with one attached hydrogen (secondary N) is 1. The molecule has 1 N–H and O–H groups in total. The predicted molar refractivity (Wildman–Crippen MR) is 116 cm³/mol. The van der Waals surface area contributed by atoms with Crippen LogP contribution in [-0.2, 0) is 0 Å². The minimum Gasteiger partial charge on any atom is -0.497 e. The lowest BCUT2D eigenvalue weighted by Crippen LogP contribution is -2.39. The van der Waals surface area contributed by atoms with Crippen molar-refractivity contribution in [1.82, 2.24) is 15.2 Å². The van der Waals surface area contributed by atoms with Crippen molar-refractivity contribution in [3.8, 4) is 16.3 Å². The van der Waals surface area contributed by atoms with Gasteiger partial charge in [-0.1, -0.05) is 0 Å². The Bertz CT molecular complexity index is 701. The minimum atomic E-state index is 0. The van der Waals surface area contributed by atoms with Crippen LogP contribution < -0.4 is 10.1 Å². The summed E-state index contributed by atoms with van der Waals surface area (Å²) in [5, 5.41) is 5.94. The number of thiazole rings is 1. The molecule has 1 saturated heterocycles. The third kappa shape index (κ3) is 6.07. The van der Waals surface area contributed by atoms with E-state index in [1.54, 1.807) is 7.11 Å². The van der Waals surface area contributed by atoms with Crippen LogP contribution in [0.5, 0.6) is 5.75 Å². The lowest BCUT2D eigenvalue weighted by atomic mass is 9.93. The Hall–Kier alpha value is -1.34. The molecule has 150 valence electrons. The summed E-state index contributed by atoms with van der Waals surface area (Å²) in [6.45, 7) is 2.72. The second-order valence-corrected chi connectivity index (χ2v) is 7.25. The van der Waals surface area contributed by atoms with Crippen molar-refractivity contribution < 1.29 is 9.53 Å². The van der Waals surface area contributed by atoms with E-state index in [1.165, 1.54) is 17.8 Å². The fourth-order valence-corrected chi connectivity index (χ4v) is 3.97. The molecular formula is C19H27Cl2N3O2S. The maximum atomic E-state index is 12.7. The van der Waals surface area contributed by atoms with Crippen LogP contribution in [0.2, 0.25) is 0 Å². The number of nitrogens with zero attached hydrogens (tertiary/aromatic N) is 2. The van der Waals surface area contributed by atoms with Crippen LogP contribution in [0.15, 0.2) is 29.6 Å². The molecule has 8 heteroatoms. The summed E-state index contributed by atoms with van der Waals surface area (Å²) in [7, 11) is 3.64. The first kappa shape index (κ1) is 23.7. The number of hydrogen-bond acceptors (Lipinski definition) is 5. The molecule has 3 rings (SSSR count). The van der Waals surface area contributed by atoms with Crippen LogP contribution in [0.3, 0.4) is 0 Å². The molecule has 2 heterocycles. The normalized spacial score (nSPS) is 14.2. The first-order valence-electron chi connectivity index (χ1n) is 8.75. The Balaban J connectivity index is 0.00000182. The summed E-state index contributed by atoms with van der Waals surface area (Å²) in [5.74, 6) is 1.60. The molecule has 0 aliphatic carbocycles. The van der Waals surface area contributed by atoms with Crippen LogP contribution in [0.4, 0.5) is 0 Å². The Morgan fingerprint density at radius 1 is 1.26 bits per heavy atom. The molecule has 1 amide bonds. The average molecular weight is 432 g/mol. The van der Waals surface area contributed by atoms with Gasteiger partial charge in [0.05, 0.1) is 7.11 Å². The van der Waals surface area contributed by atoms with E-state index >= 15 is 0 Å². The van der Waals surface area contributed by atoms with Gasteiger partial charge in [-0.3, -0.25) is 4.79 Å². The van der Waals surface area contributed by atoms with Crippen molar-refractivity contribution >= 4 is 42.1 Å². The van der Waals surface area contributed by atoms with E-state index in [0.717, 1.165) is 54.7 Å². The summed E-state index contributed by atoms with van der Waals surface area (Å²) in [6, 6.07) is 7.76. The maximum absolute atomic E-state index is 12.7. The van der Waals surface area contributed by atoms with Gasteiger partial charge in [0.25, 0.3) is 5.91 Å². The number of halogens is 2. The van der Waals surface area contributed by atoms with Gasteiger partial charge in [0.1, 0.15) is 16.5 Å². The highest BCUT2D eigenvalue weighted by Gasteiger charge is 2.25. The molecule has 1 aliphatic heterocycles. The van der Waals surface area contributed by atoms with Gasteiger partial charge in [0.15, 0.2) is 0 Å². The fraction of sp³-hybridized carbons (Fsp3) is 0.474. The zero-order valence-electron chi connectivity index (χ0n) is 15.6. The molecule has 27 heavy (non-hydrogen) atoms. The molecule has 1 fully saturated rings.